The van der Waals surface area contributed by atoms with Gasteiger partial charge in [0.1, 0.15) is 4.90 Å². The van der Waals surface area contributed by atoms with Crippen molar-refractivity contribution in [3.05, 3.63) is 73.3 Å². The Morgan fingerprint density at radius 2 is 1.77 bits per heavy atom. The second-order valence-corrected chi connectivity index (χ2v) is 8.00. The van der Waals surface area contributed by atoms with Gasteiger partial charge in [-0.05, 0) is 18.6 Å². The Balaban J connectivity index is 2.48. The number of nitrogens with one attached hydrogen (secondary N) is 1. The summed E-state index contributed by atoms with van der Waals surface area (Å²) in [6.07, 6.45) is -0.471. The van der Waals surface area contributed by atoms with Gasteiger partial charge in [0.25, 0.3) is 11.4 Å². The third kappa shape index (κ3) is 5.72. The molecule has 0 heterocycles. The van der Waals surface area contributed by atoms with E-state index in [9.17, 15) is 33.4 Å². The van der Waals surface area contributed by atoms with Gasteiger partial charge in [0.05, 0.1) is 33.9 Å². The number of esters is 1. The number of benzene rings is 2. The number of non-ortho nitro benzene ring substituents is 2. The highest BCUT2D eigenvalue weighted by Gasteiger charge is 2.28. The van der Waals surface area contributed by atoms with E-state index in [0.29, 0.717) is 0 Å². The molecule has 1 atom stereocenters. The highest BCUT2D eigenvalue weighted by atomic mass is 35.5. The Morgan fingerprint density at radius 1 is 1.13 bits per heavy atom. The molecule has 0 unspecified atom stereocenters. The second kappa shape index (κ2) is 9.61. The minimum absolute atomic E-state index is 0.0456. The number of ether oxygens (including phenoxy) is 1. The summed E-state index contributed by atoms with van der Waals surface area (Å²) in [5.41, 5.74) is -0.687. The summed E-state index contributed by atoms with van der Waals surface area (Å²) in [7, 11) is -4.45. The number of hydrogen-bond donors (Lipinski definition) is 1. The van der Waals surface area contributed by atoms with Crippen LogP contribution in [0, 0.1) is 20.2 Å². The summed E-state index contributed by atoms with van der Waals surface area (Å²) in [5.74, 6) is -0.748. The Morgan fingerprint density at radius 3 is 2.37 bits per heavy atom. The number of carbonyl (C=O) groups is 1. The number of halogens is 1. The maximum atomic E-state index is 12.9. The van der Waals surface area contributed by atoms with E-state index in [1.807, 2.05) is 0 Å². The summed E-state index contributed by atoms with van der Waals surface area (Å²) < 4.78 is 32.8. The maximum Gasteiger partial charge on any atom is 0.307 e. The van der Waals surface area contributed by atoms with Gasteiger partial charge in [0.15, 0.2) is 0 Å². The van der Waals surface area contributed by atoms with E-state index in [-0.39, 0.29) is 22.9 Å². The number of nitrogens with zero attached hydrogens (tertiary/aromatic N) is 2. The fraction of sp³-hybridized carbons (Fsp3) is 0.235. The second-order valence-electron chi connectivity index (χ2n) is 5.91. The highest BCUT2D eigenvalue weighted by molar-refractivity contribution is 7.89. The minimum atomic E-state index is -4.45. The normalized spacial score (nSPS) is 12.2. The fourth-order valence-electron chi connectivity index (χ4n) is 2.53. The van der Waals surface area contributed by atoms with Crippen LogP contribution in [-0.2, 0) is 19.6 Å². The fourth-order valence-corrected chi connectivity index (χ4v) is 4.28. The van der Waals surface area contributed by atoms with Gasteiger partial charge in [0, 0.05) is 24.3 Å². The van der Waals surface area contributed by atoms with Crippen LogP contribution in [0.25, 0.3) is 0 Å². The number of hydrogen-bond acceptors (Lipinski definition) is 8. The molecule has 0 fully saturated rings. The molecule has 0 saturated carbocycles. The lowest BCUT2D eigenvalue weighted by Gasteiger charge is -2.19. The number of carbonyl (C=O) groups excluding carboxylic acids is 1. The zero-order valence-electron chi connectivity index (χ0n) is 15.5. The lowest BCUT2D eigenvalue weighted by molar-refractivity contribution is -0.385. The zero-order chi connectivity index (χ0) is 22.5. The molecule has 0 amide bonds. The lowest BCUT2D eigenvalue weighted by atomic mass is 10.0. The topological polar surface area (TPSA) is 159 Å². The van der Waals surface area contributed by atoms with E-state index >= 15 is 0 Å². The van der Waals surface area contributed by atoms with Crippen molar-refractivity contribution in [1.29, 1.82) is 0 Å². The van der Waals surface area contributed by atoms with E-state index in [4.69, 9.17) is 16.3 Å². The Labute approximate surface area is 176 Å². The molecule has 2 aromatic rings. The molecule has 13 heteroatoms. The van der Waals surface area contributed by atoms with E-state index in [0.717, 1.165) is 24.3 Å². The maximum absolute atomic E-state index is 12.9. The largest absolute Gasteiger partial charge is 0.466 e. The molecule has 11 nitrogen and oxygen atoms in total. The average Bonchev–Trinajstić information content (AvgIpc) is 2.67. The van der Waals surface area contributed by atoms with Crippen LogP contribution in [0.1, 0.15) is 24.9 Å². The van der Waals surface area contributed by atoms with Gasteiger partial charge in [-0.25, -0.2) is 13.1 Å². The Hall–Kier alpha value is -3.09. The third-order valence-electron chi connectivity index (χ3n) is 3.87. The van der Waals surface area contributed by atoms with Crippen molar-refractivity contribution in [2.75, 3.05) is 6.61 Å². The van der Waals surface area contributed by atoms with Gasteiger partial charge in [-0.2, -0.15) is 0 Å². The van der Waals surface area contributed by atoms with Crippen LogP contribution in [-0.4, -0.2) is 30.8 Å². The molecule has 0 aliphatic rings. The quantitative estimate of drug-likeness (QED) is 0.341. The predicted octanol–water partition coefficient (Wildman–Crippen LogP) is 3.13. The van der Waals surface area contributed by atoms with Gasteiger partial charge in [-0.3, -0.25) is 25.0 Å². The minimum Gasteiger partial charge on any atom is -0.466 e. The first kappa shape index (κ1) is 23.2. The first-order valence-electron chi connectivity index (χ1n) is 8.41. The summed E-state index contributed by atoms with van der Waals surface area (Å²) >= 11 is 5.91. The van der Waals surface area contributed by atoms with Gasteiger partial charge < -0.3 is 4.74 Å². The number of rotatable bonds is 9. The molecule has 0 aromatic heterocycles. The van der Waals surface area contributed by atoms with Crippen LogP contribution >= 0.6 is 11.6 Å². The number of sulfonamides is 1. The van der Waals surface area contributed by atoms with Crippen LogP contribution < -0.4 is 4.72 Å². The first-order chi connectivity index (χ1) is 14.0. The van der Waals surface area contributed by atoms with Crippen LogP contribution in [0.2, 0.25) is 5.02 Å². The van der Waals surface area contributed by atoms with Crippen molar-refractivity contribution in [3.8, 4) is 0 Å². The molecule has 0 radical (unpaired) electrons. The molecule has 0 aliphatic heterocycles. The predicted molar refractivity (Wildman–Crippen MR) is 106 cm³/mol. The number of nitro benzene ring substituents is 2. The van der Waals surface area contributed by atoms with Crippen LogP contribution in [0.4, 0.5) is 11.4 Å². The monoisotopic (exact) mass is 457 g/mol. The third-order valence-corrected chi connectivity index (χ3v) is 5.83. The first-order valence-corrected chi connectivity index (χ1v) is 10.3. The summed E-state index contributed by atoms with van der Waals surface area (Å²) in [4.78, 5) is 32.0. The molecular formula is C17H16ClN3O8S. The van der Waals surface area contributed by atoms with Crippen molar-refractivity contribution in [1.82, 2.24) is 4.72 Å². The van der Waals surface area contributed by atoms with E-state index in [1.165, 1.54) is 18.2 Å². The van der Waals surface area contributed by atoms with E-state index < -0.39 is 48.9 Å². The van der Waals surface area contributed by atoms with Gasteiger partial charge in [-0.1, -0.05) is 23.7 Å². The molecule has 2 rings (SSSR count). The van der Waals surface area contributed by atoms with Gasteiger partial charge in [-0.15, -0.1) is 0 Å². The lowest BCUT2D eigenvalue weighted by Crippen LogP contribution is -2.31. The van der Waals surface area contributed by atoms with E-state index in [2.05, 4.69) is 4.72 Å². The standard InChI is InChI=1S/C17H16ClN3O8S/c1-2-29-17(22)10-15(11-4-3-5-12(8-11)20(23)24)19-30(27,28)16-9-13(21(25)26)6-7-14(16)18/h3-9,15,19H,2,10H2,1H3/t15-/m1/s1. The Kier molecular flexibility index (Phi) is 7.43. The molecular weight excluding hydrogens is 442 g/mol. The summed E-state index contributed by atoms with van der Waals surface area (Å²) in [5, 5.41) is 21.7. The molecule has 0 bridgehead atoms. The van der Waals surface area contributed by atoms with E-state index in [1.54, 1.807) is 6.92 Å². The van der Waals surface area contributed by atoms with Gasteiger partial charge >= 0.3 is 5.97 Å². The van der Waals surface area contributed by atoms with Gasteiger partial charge in [0.2, 0.25) is 10.0 Å². The van der Waals surface area contributed by atoms with Crippen molar-refractivity contribution in [2.45, 2.75) is 24.3 Å². The zero-order valence-corrected chi connectivity index (χ0v) is 17.1. The van der Waals surface area contributed by atoms with Crippen molar-refractivity contribution in [3.63, 3.8) is 0 Å². The van der Waals surface area contributed by atoms with Crippen LogP contribution in [0.3, 0.4) is 0 Å². The summed E-state index contributed by atoms with van der Waals surface area (Å²) in [6, 6.07) is 6.68. The molecule has 1 N–H and O–H groups in total. The summed E-state index contributed by atoms with van der Waals surface area (Å²) in [6.45, 7) is 1.61. The average molecular weight is 458 g/mol. The van der Waals surface area contributed by atoms with Crippen molar-refractivity contribution < 1.29 is 27.8 Å². The molecule has 2 aromatic carbocycles. The smallest absolute Gasteiger partial charge is 0.307 e. The SMILES string of the molecule is CCOC(=O)C[C@@H](NS(=O)(=O)c1cc([N+](=O)[O-])ccc1Cl)c1cccc([N+](=O)[O-])c1. The van der Waals surface area contributed by atoms with Crippen LogP contribution in [0.15, 0.2) is 47.4 Å². The van der Waals surface area contributed by atoms with Crippen LogP contribution in [0.5, 0.6) is 0 Å². The molecule has 0 spiro atoms. The van der Waals surface area contributed by atoms with Crippen molar-refractivity contribution in [2.24, 2.45) is 0 Å². The van der Waals surface area contributed by atoms with Crippen molar-refractivity contribution >= 4 is 39.0 Å². The molecule has 30 heavy (non-hydrogen) atoms. The Bertz CT molecular complexity index is 1090. The number of nitro groups is 2. The molecule has 160 valence electrons. The molecule has 0 aliphatic carbocycles. The highest BCUT2D eigenvalue weighted by Crippen LogP contribution is 2.29. The molecule has 0 saturated heterocycles.